The average molecular weight is 505 g/mol. The molecule has 9 heteroatoms. The molecular formula is C28H32N4O5. The van der Waals surface area contributed by atoms with Gasteiger partial charge in [-0.25, -0.2) is 19.6 Å². The summed E-state index contributed by atoms with van der Waals surface area (Å²) in [4.78, 5) is 29.6. The quantitative estimate of drug-likeness (QED) is 0.299. The largest absolute Gasteiger partial charge is 0.477 e. The van der Waals surface area contributed by atoms with Crippen LogP contribution in [0.15, 0.2) is 62.6 Å². The highest BCUT2D eigenvalue weighted by molar-refractivity contribution is 5.71. The molecule has 0 saturated heterocycles. The Balaban J connectivity index is 1.45. The molecule has 37 heavy (non-hydrogen) atoms. The summed E-state index contributed by atoms with van der Waals surface area (Å²) >= 11 is 0. The summed E-state index contributed by atoms with van der Waals surface area (Å²) in [5.41, 5.74) is 7.56. The van der Waals surface area contributed by atoms with Gasteiger partial charge >= 0.3 is 11.4 Å². The summed E-state index contributed by atoms with van der Waals surface area (Å²) in [6, 6.07) is 16.0. The first-order valence-electron chi connectivity index (χ1n) is 12.2. The van der Waals surface area contributed by atoms with Crippen LogP contribution in [0.4, 0.5) is 5.69 Å². The van der Waals surface area contributed by atoms with Crippen LogP contribution >= 0.6 is 0 Å². The summed E-state index contributed by atoms with van der Waals surface area (Å²) in [5, 5.41) is 12.9. The van der Waals surface area contributed by atoms with Crippen molar-refractivity contribution in [2.24, 2.45) is 0 Å². The van der Waals surface area contributed by atoms with Crippen LogP contribution in [0.2, 0.25) is 0 Å². The van der Waals surface area contributed by atoms with E-state index in [0.29, 0.717) is 25.5 Å². The van der Waals surface area contributed by atoms with Crippen LogP contribution in [0.3, 0.4) is 0 Å². The first kappa shape index (κ1) is 26.0. The lowest BCUT2D eigenvalue weighted by molar-refractivity contribution is 0.153. The Kier molecular flexibility index (Phi) is 7.93. The third-order valence-corrected chi connectivity index (χ3v) is 6.26. The number of H-pyrrole nitrogens is 1. The first-order valence-corrected chi connectivity index (χ1v) is 12.2. The molecule has 1 atom stereocenters. The topological polar surface area (TPSA) is 122 Å². The Bertz CT molecular complexity index is 1480. The number of aliphatic hydroxyl groups is 1. The Morgan fingerprint density at radius 2 is 1.86 bits per heavy atom. The molecule has 0 aliphatic heterocycles. The number of hydrogen-bond acceptors (Lipinski definition) is 7. The van der Waals surface area contributed by atoms with Gasteiger partial charge in [-0.2, -0.15) is 0 Å². The van der Waals surface area contributed by atoms with E-state index in [1.165, 1.54) is 5.56 Å². The lowest BCUT2D eigenvalue weighted by Gasteiger charge is -2.17. The third kappa shape index (κ3) is 6.37. The Hall–Kier alpha value is -4.11. The minimum Gasteiger partial charge on any atom is -0.477 e. The highest BCUT2D eigenvalue weighted by Crippen LogP contribution is 2.31. The molecule has 0 bridgehead atoms. The number of aliphatic hydroxyl groups excluding tert-OH is 1. The van der Waals surface area contributed by atoms with E-state index in [4.69, 9.17) is 9.26 Å². The van der Waals surface area contributed by atoms with Gasteiger partial charge in [0.25, 0.3) is 0 Å². The van der Waals surface area contributed by atoms with Gasteiger partial charge in [-0.3, -0.25) is 0 Å². The normalized spacial score (nSPS) is 11.9. The Morgan fingerprint density at radius 3 is 2.54 bits per heavy atom. The van der Waals surface area contributed by atoms with Gasteiger partial charge in [0, 0.05) is 35.5 Å². The average Bonchev–Trinajstić information content (AvgIpc) is 3.17. The van der Waals surface area contributed by atoms with Crippen molar-refractivity contribution in [1.82, 2.24) is 14.7 Å². The first-order chi connectivity index (χ1) is 17.7. The van der Waals surface area contributed by atoms with E-state index in [2.05, 4.69) is 40.4 Å². The van der Waals surface area contributed by atoms with Crippen molar-refractivity contribution in [2.75, 3.05) is 11.9 Å². The smallest absolute Gasteiger partial charge is 0.440 e. The zero-order valence-electron chi connectivity index (χ0n) is 21.5. The van der Waals surface area contributed by atoms with Crippen LogP contribution in [0, 0.1) is 20.8 Å². The number of nitrogens with one attached hydrogen (secondary N) is 2. The van der Waals surface area contributed by atoms with Crippen LogP contribution in [0.1, 0.15) is 41.3 Å². The molecule has 194 valence electrons. The van der Waals surface area contributed by atoms with Crippen molar-refractivity contribution >= 4 is 5.69 Å². The van der Waals surface area contributed by atoms with E-state index in [1.54, 1.807) is 6.92 Å². The maximum Gasteiger partial charge on any atom is 0.440 e. The maximum absolute atomic E-state index is 11.6. The number of rotatable bonds is 10. The Morgan fingerprint density at radius 1 is 1.11 bits per heavy atom. The molecule has 0 radical (unpaired) electrons. The van der Waals surface area contributed by atoms with Gasteiger partial charge in [0.15, 0.2) is 0 Å². The molecular weight excluding hydrogens is 472 g/mol. The molecule has 0 unspecified atom stereocenters. The van der Waals surface area contributed by atoms with Gasteiger partial charge < -0.3 is 19.7 Å². The van der Waals surface area contributed by atoms with E-state index >= 15 is 0 Å². The summed E-state index contributed by atoms with van der Waals surface area (Å²) in [7, 11) is 0. The van der Waals surface area contributed by atoms with E-state index in [0.717, 1.165) is 43.9 Å². The SMILES string of the molecule is Cc1cc(-c2cccc(CNc3ccc(Cn4oc(=O)[nH]c4=O)cc3)c2C)c(C)nc1OCC[C@H](C)O. The number of nitrogens with zero attached hydrogens (tertiary/aromatic N) is 2. The molecule has 0 aliphatic carbocycles. The highest BCUT2D eigenvalue weighted by atomic mass is 16.5. The molecule has 0 amide bonds. The summed E-state index contributed by atoms with van der Waals surface area (Å²) in [6.45, 7) is 9.06. The number of aromatic nitrogens is 3. The van der Waals surface area contributed by atoms with Crippen LogP contribution in [-0.4, -0.2) is 32.5 Å². The predicted octanol–water partition coefficient (Wildman–Crippen LogP) is 3.93. The second-order valence-corrected chi connectivity index (χ2v) is 9.22. The van der Waals surface area contributed by atoms with E-state index in [9.17, 15) is 14.7 Å². The van der Waals surface area contributed by atoms with Gasteiger partial charge in [0.2, 0.25) is 5.88 Å². The van der Waals surface area contributed by atoms with Crippen molar-refractivity contribution < 1.29 is 14.4 Å². The molecule has 4 rings (SSSR count). The zero-order valence-corrected chi connectivity index (χ0v) is 21.5. The fourth-order valence-electron chi connectivity index (χ4n) is 4.10. The molecule has 0 saturated carbocycles. The summed E-state index contributed by atoms with van der Waals surface area (Å²) in [6.07, 6.45) is 0.154. The fourth-order valence-corrected chi connectivity index (χ4v) is 4.10. The number of hydrogen-bond donors (Lipinski definition) is 3. The lowest BCUT2D eigenvalue weighted by Crippen LogP contribution is -2.17. The molecule has 0 fully saturated rings. The standard InChI is InChI=1S/C28H32N4O5/c1-17-14-25(20(4)30-26(17)36-13-12-18(2)33)24-7-5-6-22(19(24)3)15-29-23-10-8-21(9-11-23)16-32-27(34)31-28(35)37-32/h5-11,14,18,29,33H,12-13,15-16H2,1-4H3,(H,31,34,35)/t18-/m0/s1. The number of pyridine rings is 1. The molecule has 2 aromatic carbocycles. The molecule has 4 aromatic rings. The van der Waals surface area contributed by atoms with Gasteiger partial charge in [-0.1, -0.05) is 30.3 Å². The summed E-state index contributed by atoms with van der Waals surface area (Å²) < 4.78 is 11.6. The predicted molar refractivity (Wildman–Crippen MR) is 142 cm³/mol. The van der Waals surface area contributed by atoms with Gasteiger partial charge in [0.1, 0.15) is 0 Å². The van der Waals surface area contributed by atoms with Crippen LogP contribution in [-0.2, 0) is 13.1 Å². The Labute approximate surface area is 214 Å². The number of anilines is 1. The summed E-state index contributed by atoms with van der Waals surface area (Å²) in [5.74, 6) is -0.164. The third-order valence-electron chi connectivity index (χ3n) is 6.26. The minimum atomic E-state index is -0.765. The highest BCUT2D eigenvalue weighted by Gasteiger charge is 2.13. The monoisotopic (exact) mass is 504 g/mol. The van der Waals surface area contributed by atoms with Crippen LogP contribution in [0.5, 0.6) is 5.88 Å². The lowest BCUT2D eigenvalue weighted by atomic mass is 9.94. The van der Waals surface area contributed by atoms with E-state index < -0.39 is 17.5 Å². The van der Waals surface area contributed by atoms with Crippen LogP contribution < -0.4 is 21.5 Å². The number of aryl methyl sites for hydroxylation is 2. The molecule has 9 nitrogen and oxygen atoms in total. The molecule has 2 heterocycles. The van der Waals surface area contributed by atoms with Crippen molar-refractivity contribution in [2.45, 2.75) is 53.3 Å². The number of benzene rings is 2. The number of ether oxygens (including phenoxy) is 1. The maximum atomic E-state index is 11.6. The van der Waals surface area contributed by atoms with Gasteiger partial charge in [-0.15, -0.1) is 4.74 Å². The van der Waals surface area contributed by atoms with Crippen molar-refractivity contribution in [3.8, 4) is 17.0 Å². The second-order valence-electron chi connectivity index (χ2n) is 9.22. The zero-order chi connectivity index (χ0) is 26.5. The van der Waals surface area contributed by atoms with E-state index in [-0.39, 0.29) is 6.54 Å². The van der Waals surface area contributed by atoms with Gasteiger partial charge in [0.05, 0.1) is 19.3 Å². The minimum absolute atomic E-state index is 0.177. The van der Waals surface area contributed by atoms with Crippen molar-refractivity contribution in [3.05, 3.63) is 97.5 Å². The molecule has 2 aromatic heterocycles. The van der Waals surface area contributed by atoms with Gasteiger partial charge in [-0.05, 0) is 68.1 Å². The van der Waals surface area contributed by atoms with E-state index in [1.807, 2.05) is 44.2 Å². The van der Waals surface area contributed by atoms with Crippen molar-refractivity contribution in [3.63, 3.8) is 0 Å². The molecule has 0 spiro atoms. The van der Waals surface area contributed by atoms with Crippen molar-refractivity contribution in [1.29, 1.82) is 0 Å². The molecule has 3 N–H and O–H groups in total. The second kappa shape index (κ2) is 11.3. The van der Waals surface area contributed by atoms with Crippen LogP contribution in [0.25, 0.3) is 11.1 Å². The fraction of sp³-hybridized carbons (Fsp3) is 0.321. The number of aromatic amines is 1. The molecule has 0 aliphatic rings.